The van der Waals surface area contributed by atoms with Crippen molar-refractivity contribution in [1.82, 2.24) is 5.32 Å². The molecule has 4 aromatic carbocycles. The van der Waals surface area contributed by atoms with Crippen LogP contribution in [0.2, 0.25) is 0 Å². The highest BCUT2D eigenvalue weighted by molar-refractivity contribution is 8.00. The summed E-state index contributed by atoms with van der Waals surface area (Å²) in [6, 6.07) is 27.4. The first-order valence-electron chi connectivity index (χ1n) is 13.5. The lowest BCUT2D eigenvalue weighted by atomic mass is 10.1. The largest absolute Gasteiger partial charge is 0.497 e. The number of rotatable bonds is 12. The fourth-order valence-electron chi connectivity index (χ4n) is 4.02. The van der Waals surface area contributed by atoms with E-state index in [-0.39, 0.29) is 23.1 Å². The molecule has 0 aliphatic carbocycles. The van der Waals surface area contributed by atoms with Gasteiger partial charge in [-0.3, -0.25) is 19.2 Å². The first-order chi connectivity index (χ1) is 21.2. The maximum absolute atomic E-state index is 13.4. The molecule has 0 aliphatic rings. The lowest BCUT2D eigenvalue weighted by molar-refractivity contribution is -0.114. The third-order valence-electron chi connectivity index (χ3n) is 6.32. The van der Waals surface area contributed by atoms with Gasteiger partial charge in [-0.15, -0.1) is 11.8 Å². The number of benzene rings is 4. The van der Waals surface area contributed by atoms with Crippen molar-refractivity contribution in [3.63, 3.8) is 0 Å². The number of hydrogen-bond donors (Lipinski definition) is 3. The SMILES string of the molecule is COc1ccc(OC)c(/C=C(\NC(=O)c2ccccc2)C(=O)Nc2ccc(SCC(=O)Nc3ccc(C(C)=O)cc3)cc2)c1. The molecule has 4 rings (SSSR count). The maximum atomic E-state index is 13.4. The van der Waals surface area contributed by atoms with E-state index in [1.807, 2.05) is 0 Å². The van der Waals surface area contributed by atoms with E-state index in [2.05, 4.69) is 16.0 Å². The number of carbonyl (C=O) groups is 4. The molecule has 0 spiro atoms. The summed E-state index contributed by atoms with van der Waals surface area (Å²) in [5.41, 5.74) is 2.59. The van der Waals surface area contributed by atoms with Crippen LogP contribution in [-0.4, -0.2) is 43.5 Å². The van der Waals surface area contributed by atoms with Crippen LogP contribution in [0.1, 0.15) is 33.2 Å². The molecule has 0 radical (unpaired) electrons. The fourth-order valence-corrected chi connectivity index (χ4v) is 4.72. The average Bonchev–Trinajstić information content (AvgIpc) is 3.04. The number of hydrogen-bond acceptors (Lipinski definition) is 7. The van der Waals surface area contributed by atoms with Crippen molar-refractivity contribution in [2.45, 2.75) is 11.8 Å². The minimum Gasteiger partial charge on any atom is -0.497 e. The highest BCUT2D eigenvalue weighted by atomic mass is 32.2. The van der Waals surface area contributed by atoms with Crippen molar-refractivity contribution in [2.24, 2.45) is 0 Å². The predicted octanol–water partition coefficient (Wildman–Crippen LogP) is 6.05. The minimum atomic E-state index is -0.547. The van der Waals surface area contributed by atoms with E-state index in [4.69, 9.17) is 9.47 Å². The summed E-state index contributed by atoms with van der Waals surface area (Å²) in [6.45, 7) is 1.49. The number of ketones is 1. The summed E-state index contributed by atoms with van der Waals surface area (Å²) in [5.74, 6) is -0.0222. The molecule has 0 bridgehead atoms. The van der Waals surface area contributed by atoms with Crippen LogP contribution in [0.4, 0.5) is 11.4 Å². The summed E-state index contributed by atoms with van der Waals surface area (Å²) in [7, 11) is 3.04. The molecule has 0 aromatic heterocycles. The molecular weight excluding hydrogens is 578 g/mol. The van der Waals surface area contributed by atoms with Crippen LogP contribution in [0, 0.1) is 0 Å². The van der Waals surface area contributed by atoms with Crippen LogP contribution >= 0.6 is 11.8 Å². The molecule has 3 amide bonds. The van der Waals surface area contributed by atoms with Crippen LogP contribution in [0.15, 0.2) is 108 Å². The van der Waals surface area contributed by atoms with E-state index >= 15 is 0 Å². The van der Waals surface area contributed by atoms with Gasteiger partial charge in [0.15, 0.2) is 5.78 Å². The highest BCUT2D eigenvalue weighted by Crippen LogP contribution is 2.27. The van der Waals surface area contributed by atoms with Crippen LogP contribution in [0.5, 0.6) is 11.5 Å². The predicted molar refractivity (Wildman–Crippen MR) is 172 cm³/mol. The molecule has 0 saturated heterocycles. The molecular formula is C34H31N3O6S. The quantitative estimate of drug-likeness (QED) is 0.102. The second kappa shape index (κ2) is 15.2. The van der Waals surface area contributed by atoms with Crippen molar-refractivity contribution in [2.75, 3.05) is 30.6 Å². The van der Waals surface area contributed by atoms with Gasteiger partial charge in [0.25, 0.3) is 11.8 Å². The Labute approximate surface area is 259 Å². The molecule has 0 aliphatic heterocycles. The Kier molecular flexibility index (Phi) is 10.9. The summed E-state index contributed by atoms with van der Waals surface area (Å²) < 4.78 is 10.8. The number of thioether (sulfide) groups is 1. The monoisotopic (exact) mass is 609 g/mol. The van der Waals surface area contributed by atoms with Crippen molar-refractivity contribution in [1.29, 1.82) is 0 Å². The summed E-state index contributed by atoms with van der Waals surface area (Å²) in [6.07, 6.45) is 1.52. The van der Waals surface area contributed by atoms with Crippen molar-refractivity contribution >= 4 is 52.7 Å². The Balaban J connectivity index is 1.44. The first kappa shape index (κ1) is 31.6. The van der Waals surface area contributed by atoms with Gasteiger partial charge in [0.05, 0.1) is 20.0 Å². The van der Waals surface area contributed by atoms with Gasteiger partial charge < -0.3 is 25.4 Å². The third kappa shape index (κ3) is 8.83. The first-order valence-corrected chi connectivity index (χ1v) is 14.5. The average molecular weight is 610 g/mol. The van der Waals surface area contributed by atoms with Crippen LogP contribution in [0.3, 0.4) is 0 Å². The second-order valence-corrected chi connectivity index (χ2v) is 10.5. The molecule has 4 aromatic rings. The van der Waals surface area contributed by atoms with E-state index in [1.165, 1.54) is 39.0 Å². The second-order valence-electron chi connectivity index (χ2n) is 9.43. The zero-order chi connectivity index (χ0) is 31.5. The molecule has 0 unspecified atom stereocenters. The molecule has 0 atom stereocenters. The molecule has 224 valence electrons. The molecule has 3 N–H and O–H groups in total. The van der Waals surface area contributed by atoms with E-state index in [0.29, 0.717) is 39.6 Å². The Morgan fingerprint density at radius 3 is 2.05 bits per heavy atom. The lowest BCUT2D eigenvalue weighted by Crippen LogP contribution is -2.30. The summed E-state index contributed by atoms with van der Waals surface area (Å²) in [4.78, 5) is 51.1. The van der Waals surface area contributed by atoms with Gasteiger partial charge in [-0.1, -0.05) is 18.2 Å². The Hall–Kier alpha value is -5.35. The van der Waals surface area contributed by atoms with Gasteiger partial charge in [0.2, 0.25) is 5.91 Å². The van der Waals surface area contributed by atoms with Gasteiger partial charge in [0.1, 0.15) is 17.2 Å². The molecule has 44 heavy (non-hydrogen) atoms. The number of nitrogens with one attached hydrogen (secondary N) is 3. The van der Waals surface area contributed by atoms with Crippen LogP contribution < -0.4 is 25.4 Å². The zero-order valence-electron chi connectivity index (χ0n) is 24.4. The number of carbonyl (C=O) groups excluding carboxylic acids is 4. The van der Waals surface area contributed by atoms with Crippen molar-refractivity contribution in [3.05, 3.63) is 119 Å². The number of ether oxygens (including phenoxy) is 2. The topological polar surface area (TPSA) is 123 Å². The smallest absolute Gasteiger partial charge is 0.272 e. The Bertz CT molecular complexity index is 1670. The Morgan fingerprint density at radius 1 is 0.750 bits per heavy atom. The lowest BCUT2D eigenvalue weighted by Gasteiger charge is -2.13. The number of amides is 3. The van der Waals surface area contributed by atoms with E-state index in [9.17, 15) is 19.2 Å². The van der Waals surface area contributed by atoms with Crippen molar-refractivity contribution in [3.8, 4) is 11.5 Å². The summed E-state index contributed by atoms with van der Waals surface area (Å²) >= 11 is 1.33. The number of anilines is 2. The van der Waals surface area contributed by atoms with Gasteiger partial charge in [-0.05, 0) is 91.9 Å². The molecule has 0 saturated carbocycles. The number of methoxy groups -OCH3 is 2. The zero-order valence-corrected chi connectivity index (χ0v) is 25.2. The van der Waals surface area contributed by atoms with Gasteiger partial charge in [-0.25, -0.2) is 0 Å². The molecule has 0 heterocycles. The number of Topliss-reactive ketones (excluding diaryl/α,β-unsaturated/α-hetero) is 1. The molecule has 9 nitrogen and oxygen atoms in total. The minimum absolute atomic E-state index is 0.00290. The standard InChI is InChI=1S/C34H31N3O6S/c1-22(38)23-9-11-26(12-10-23)35-32(39)21-44-29-16-13-27(14-17-29)36-34(41)30(37-33(40)24-7-5-4-6-8-24)20-25-19-28(42-2)15-18-31(25)43-3/h4-20H,21H2,1-3H3,(H,35,39)(H,36,41)(H,37,40)/b30-20-. The highest BCUT2D eigenvalue weighted by Gasteiger charge is 2.17. The van der Waals surface area contributed by atoms with Gasteiger partial charge in [-0.2, -0.15) is 0 Å². The van der Waals surface area contributed by atoms with E-state index in [1.54, 1.807) is 97.1 Å². The normalized spacial score (nSPS) is 10.8. The maximum Gasteiger partial charge on any atom is 0.272 e. The van der Waals surface area contributed by atoms with Crippen LogP contribution in [-0.2, 0) is 9.59 Å². The molecule has 0 fully saturated rings. The van der Waals surface area contributed by atoms with E-state index in [0.717, 1.165) is 4.90 Å². The van der Waals surface area contributed by atoms with Crippen molar-refractivity contribution < 1.29 is 28.7 Å². The van der Waals surface area contributed by atoms with E-state index < -0.39 is 11.8 Å². The van der Waals surface area contributed by atoms with Gasteiger partial charge in [0, 0.05) is 33.0 Å². The van der Waals surface area contributed by atoms with Gasteiger partial charge >= 0.3 is 0 Å². The Morgan fingerprint density at radius 2 is 1.41 bits per heavy atom. The fraction of sp³-hybridized carbons (Fsp3) is 0.118. The van der Waals surface area contributed by atoms with Crippen LogP contribution in [0.25, 0.3) is 6.08 Å². The third-order valence-corrected chi connectivity index (χ3v) is 7.33. The molecule has 10 heteroatoms. The summed E-state index contributed by atoms with van der Waals surface area (Å²) in [5, 5.41) is 8.33.